The van der Waals surface area contributed by atoms with E-state index in [1.54, 1.807) is 0 Å². The second-order valence-corrected chi connectivity index (χ2v) is 3.58. The van der Waals surface area contributed by atoms with E-state index in [9.17, 15) is 0 Å². The van der Waals surface area contributed by atoms with Gasteiger partial charge in [-0.05, 0) is 26.3 Å². The molecule has 0 bridgehead atoms. The lowest BCUT2D eigenvalue weighted by atomic mass is 10.1. The van der Waals surface area contributed by atoms with Crippen LogP contribution in [-0.4, -0.2) is 30.6 Å². The van der Waals surface area contributed by atoms with Crippen molar-refractivity contribution < 1.29 is 0 Å². The third-order valence-corrected chi connectivity index (χ3v) is 2.61. The number of hydrogen-bond acceptors (Lipinski definition) is 2. The molecule has 0 heterocycles. The Labute approximate surface area is 77.1 Å². The highest BCUT2D eigenvalue weighted by Gasteiger charge is 2.12. The summed E-state index contributed by atoms with van der Waals surface area (Å²) < 4.78 is 0. The van der Waals surface area contributed by atoms with Crippen LogP contribution in [0.25, 0.3) is 0 Å². The topological polar surface area (TPSA) is 29.3 Å². The molecule has 0 aliphatic carbocycles. The standard InChI is InChI=1S/C10H24N2/c1-5-9(11)8-12(4)10(6-2)7-3/h9-10H,5-8,11H2,1-4H3. The summed E-state index contributed by atoms with van der Waals surface area (Å²) in [5.41, 5.74) is 5.88. The highest BCUT2D eigenvalue weighted by atomic mass is 15.1. The van der Waals surface area contributed by atoms with Gasteiger partial charge in [0.1, 0.15) is 0 Å². The normalized spacial score (nSPS) is 14.2. The van der Waals surface area contributed by atoms with E-state index >= 15 is 0 Å². The summed E-state index contributed by atoms with van der Waals surface area (Å²) in [6.07, 6.45) is 3.53. The molecule has 2 nitrogen and oxygen atoms in total. The SMILES string of the molecule is CCC(N)CN(C)C(CC)CC. The summed E-state index contributed by atoms with van der Waals surface area (Å²) in [5.74, 6) is 0. The molecule has 0 saturated heterocycles. The summed E-state index contributed by atoms with van der Waals surface area (Å²) in [5, 5.41) is 0. The van der Waals surface area contributed by atoms with Crippen LogP contribution in [0, 0.1) is 0 Å². The maximum Gasteiger partial charge on any atom is 0.0165 e. The minimum Gasteiger partial charge on any atom is -0.327 e. The van der Waals surface area contributed by atoms with Gasteiger partial charge in [0.2, 0.25) is 0 Å². The highest BCUT2D eigenvalue weighted by Crippen LogP contribution is 2.06. The van der Waals surface area contributed by atoms with E-state index in [2.05, 4.69) is 32.7 Å². The van der Waals surface area contributed by atoms with E-state index in [-0.39, 0.29) is 0 Å². The van der Waals surface area contributed by atoms with Crippen LogP contribution in [0.15, 0.2) is 0 Å². The zero-order valence-corrected chi connectivity index (χ0v) is 9.01. The zero-order chi connectivity index (χ0) is 9.56. The predicted molar refractivity (Wildman–Crippen MR) is 55.3 cm³/mol. The van der Waals surface area contributed by atoms with E-state index in [0.29, 0.717) is 12.1 Å². The Bertz CT molecular complexity index is 100. The van der Waals surface area contributed by atoms with Crippen molar-refractivity contribution in [1.82, 2.24) is 4.90 Å². The van der Waals surface area contributed by atoms with Crippen LogP contribution in [0.2, 0.25) is 0 Å². The van der Waals surface area contributed by atoms with Gasteiger partial charge < -0.3 is 10.6 Å². The smallest absolute Gasteiger partial charge is 0.0165 e. The largest absolute Gasteiger partial charge is 0.327 e. The fourth-order valence-corrected chi connectivity index (χ4v) is 1.56. The molecule has 0 radical (unpaired) electrons. The van der Waals surface area contributed by atoms with Gasteiger partial charge in [0, 0.05) is 18.6 Å². The molecule has 0 rings (SSSR count). The van der Waals surface area contributed by atoms with Gasteiger partial charge >= 0.3 is 0 Å². The molecule has 1 unspecified atom stereocenters. The lowest BCUT2D eigenvalue weighted by molar-refractivity contribution is 0.215. The summed E-state index contributed by atoms with van der Waals surface area (Å²) in [7, 11) is 2.17. The maximum atomic E-state index is 5.88. The summed E-state index contributed by atoms with van der Waals surface area (Å²) in [6, 6.07) is 1.05. The van der Waals surface area contributed by atoms with Crippen LogP contribution >= 0.6 is 0 Å². The first-order valence-electron chi connectivity index (χ1n) is 5.11. The maximum absolute atomic E-state index is 5.88. The van der Waals surface area contributed by atoms with Gasteiger partial charge in [0.25, 0.3) is 0 Å². The van der Waals surface area contributed by atoms with Crippen molar-refractivity contribution in [2.24, 2.45) is 5.73 Å². The Kier molecular flexibility index (Phi) is 6.39. The second-order valence-electron chi connectivity index (χ2n) is 3.58. The van der Waals surface area contributed by atoms with E-state index < -0.39 is 0 Å². The van der Waals surface area contributed by atoms with Gasteiger partial charge in [-0.2, -0.15) is 0 Å². The fraction of sp³-hybridized carbons (Fsp3) is 1.00. The Balaban J connectivity index is 3.75. The molecule has 0 spiro atoms. The van der Waals surface area contributed by atoms with Crippen molar-refractivity contribution >= 4 is 0 Å². The summed E-state index contributed by atoms with van der Waals surface area (Å²) in [4.78, 5) is 2.38. The number of rotatable bonds is 6. The Hall–Kier alpha value is -0.0800. The lowest BCUT2D eigenvalue weighted by Gasteiger charge is -2.28. The molecule has 2 N–H and O–H groups in total. The van der Waals surface area contributed by atoms with Gasteiger partial charge in [0.15, 0.2) is 0 Å². The third-order valence-electron chi connectivity index (χ3n) is 2.61. The Morgan fingerprint density at radius 2 is 1.58 bits per heavy atom. The van der Waals surface area contributed by atoms with Crippen LogP contribution < -0.4 is 5.73 Å². The molecule has 0 fully saturated rings. The molecule has 74 valence electrons. The molecule has 0 aromatic rings. The third kappa shape index (κ3) is 4.07. The van der Waals surface area contributed by atoms with Crippen molar-refractivity contribution in [2.75, 3.05) is 13.6 Å². The van der Waals surface area contributed by atoms with Crippen molar-refractivity contribution in [3.8, 4) is 0 Å². The summed E-state index contributed by atoms with van der Waals surface area (Å²) >= 11 is 0. The van der Waals surface area contributed by atoms with Crippen molar-refractivity contribution in [3.63, 3.8) is 0 Å². The Morgan fingerprint density at radius 1 is 1.08 bits per heavy atom. The molecule has 1 atom stereocenters. The van der Waals surface area contributed by atoms with Crippen LogP contribution in [-0.2, 0) is 0 Å². The lowest BCUT2D eigenvalue weighted by Crippen LogP contribution is -2.40. The highest BCUT2D eigenvalue weighted by molar-refractivity contribution is 4.70. The fourth-order valence-electron chi connectivity index (χ4n) is 1.56. The minimum absolute atomic E-state index is 0.343. The molecule has 0 amide bonds. The number of nitrogens with two attached hydrogens (primary N) is 1. The molecule has 0 saturated carbocycles. The number of hydrogen-bond donors (Lipinski definition) is 1. The van der Waals surface area contributed by atoms with Crippen molar-refractivity contribution in [1.29, 1.82) is 0 Å². The van der Waals surface area contributed by atoms with Crippen LogP contribution in [0.5, 0.6) is 0 Å². The summed E-state index contributed by atoms with van der Waals surface area (Å²) in [6.45, 7) is 7.65. The first-order valence-corrected chi connectivity index (χ1v) is 5.11. The van der Waals surface area contributed by atoms with Crippen LogP contribution in [0.3, 0.4) is 0 Å². The van der Waals surface area contributed by atoms with Gasteiger partial charge in [-0.3, -0.25) is 0 Å². The number of likely N-dealkylation sites (N-methyl/N-ethyl adjacent to an activating group) is 1. The molecular formula is C10H24N2. The van der Waals surface area contributed by atoms with E-state index in [1.165, 1.54) is 12.8 Å². The van der Waals surface area contributed by atoms with E-state index in [4.69, 9.17) is 5.73 Å². The van der Waals surface area contributed by atoms with Crippen molar-refractivity contribution in [3.05, 3.63) is 0 Å². The zero-order valence-electron chi connectivity index (χ0n) is 9.01. The minimum atomic E-state index is 0.343. The molecule has 0 aliphatic heterocycles. The molecule has 2 heteroatoms. The molecule has 0 aromatic heterocycles. The predicted octanol–water partition coefficient (Wildman–Crippen LogP) is 1.84. The van der Waals surface area contributed by atoms with Crippen molar-refractivity contribution in [2.45, 2.75) is 52.1 Å². The van der Waals surface area contributed by atoms with Gasteiger partial charge in [-0.25, -0.2) is 0 Å². The molecule has 0 aliphatic rings. The van der Waals surface area contributed by atoms with Gasteiger partial charge in [-0.1, -0.05) is 20.8 Å². The second kappa shape index (κ2) is 6.44. The van der Waals surface area contributed by atoms with Gasteiger partial charge in [-0.15, -0.1) is 0 Å². The quantitative estimate of drug-likeness (QED) is 0.662. The van der Waals surface area contributed by atoms with Crippen LogP contribution in [0.4, 0.5) is 0 Å². The average Bonchev–Trinajstić information content (AvgIpc) is 2.06. The first-order chi connectivity index (χ1) is 5.65. The monoisotopic (exact) mass is 172 g/mol. The molecule has 0 aromatic carbocycles. The molecule has 12 heavy (non-hydrogen) atoms. The number of nitrogens with zero attached hydrogens (tertiary/aromatic N) is 1. The Morgan fingerprint density at radius 3 is 1.92 bits per heavy atom. The van der Waals surface area contributed by atoms with E-state index in [1.807, 2.05) is 0 Å². The van der Waals surface area contributed by atoms with Crippen LogP contribution in [0.1, 0.15) is 40.0 Å². The molecular weight excluding hydrogens is 148 g/mol. The van der Waals surface area contributed by atoms with Gasteiger partial charge in [0.05, 0.1) is 0 Å². The first kappa shape index (κ1) is 11.9. The van der Waals surface area contributed by atoms with E-state index in [0.717, 1.165) is 13.0 Å². The average molecular weight is 172 g/mol.